The van der Waals surface area contributed by atoms with E-state index < -0.39 is 6.04 Å². The van der Waals surface area contributed by atoms with Crippen molar-refractivity contribution >= 4 is 28.4 Å². The minimum absolute atomic E-state index is 0.119. The molecule has 0 saturated carbocycles. The van der Waals surface area contributed by atoms with E-state index in [1.807, 2.05) is 74.8 Å². The van der Waals surface area contributed by atoms with Gasteiger partial charge in [0.15, 0.2) is 22.5 Å². The lowest BCUT2D eigenvalue weighted by Crippen LogP contribution is -2.40. The molecule has 10 heteroatoms. The second kappa shape index (κ2) is 9.22. The number of hydrogen-bond acceptors (Lipinski definition) is 5. The van der Waals surface area contributed by atoms with E-state index in [0.717, 1.165) is 28.1 Å². The third-order valence-corrected chi connectivity index (χ3v) is 6.22. The number of aromatic nitrogens is 7. The first-order valence-corrected chi connectivity index (χ1v) is 12.0. The smallest absolute Gasteiger partial charge is 0.283 e. The molecule has 6 rings (SSSR count). The molecule has 0 fully saturated rings. The van der Waals surface area contributed by atoms with Gasteiger partial charge in [-0.3, -0.25) is 9.48 Å². The molecule has 0 aliphatic rings. The molecule has 0 radical (unpaired) electrons. The van der Waals surface area contributed by atoms with Crippen molar-refractivity contribution in [2.45, 2.75) is 13.0 Å². The molecule has 4 N–H and O–H groups in total. The van der Waals surface area contributed by atoms with Crippen LogP contribution in [0.25, 0.3) is 22.4 Å². The van der Waals surface area contributed by atoms with Crippen molar-refractivity contribution in [1.82, 2.24) is 34.7 Å². The number of imidazole rings is 1. The van der Waals surface area contributed by atoms with Crippen molar-refractivity contribution in [1.29, 1.82) is 0 Å². The standard InChI is InChI=1S/C28H23N9O/c1-18(31-28(38)23-25(29)34-36-16-7-15-30-27(23)36)26-32-22-11-6-8-19(12-13-20-14-17-35(2)33-20)24(22)37(26)21-9-4-3-5-10-21/h3-11,14-18H,1-2H3,(H3,29,31,34,38)/p+1/t18-/m1/s1. The number of carbonyl (C=O) groups excluding carboxylic acids is 1. The van der Waals surface area contributed by atoms with Crippen molar-refractivity contribution in [2.75, 3.05) is 5.73 Å². The van der Waals surface area contributed by atoms with Crippen molar-refractivity contribution in [3.8, 4) is 17.5 Å². The van der Waals surface area contributed by atoms with Crippen LogP contribution in [0.3, 0.4) is 0 Å². The zero-order valence-corrected chi connectivity index (χ0v) is 20.8. The molecule has 1 amide bonds. The van der Waals surface area contributed by atoms with Crippen molar-refractivity contribution < 1.29 is 9.36 Å². The van der Waals surface area contributed by atoms with Gasteiger partial charge < -0.3 is 11.1 Å². The number of aryl methyl sites for hydroxylation is 1. The van der Waals surface area contributed by atoms with Gasteiger partial charge >= 0.3 is 0 Å². The first-order chi connectivity index (χ1) is 18.5. The maximum Gasteiger partial charge on any atom is 0.283 e. The highest BCUT2D eigenvalue weighted by Crippen LogP contribution is 2.22. The Morgan fingerprint density at radius 2 is 1.89 bits per heavy atom. The number of rotatable bonds is 4. The van der Waals surface area contributed by atoms with Gasteiger partial charge in [0.05, 0.1) is 5.56 Å². The number of hydrogen-bond donors (Lipinski definition) is 3. The summed E-state index contributed by atoms with van der Waals surface area (Å²) in [5, 5.41) is 11.6. The Morgan fingerprint density at radius 3 is 2.68 bits per heavy atom. The van der Waals surface area contributed by atoms with E-state index in [1.165, 1.54) is 4.52 Å². The lowest BCUT2D eigenvalue weighted by atomic mass is 10.1. The molecule has 2 aromatic carbocycles. The van der Waals surface area contributed by atoms with Crippen LogP contribution in [0.4, 0.5) is 5.82 Å². The number of nitrogens with zero attached hydrogens (tertiary/aromatic N) is 6. The number of carbonyl (C=O) groups is 1. The lowest BCUT2D eigenvalue weighted by Gasteiger charge is -2.11. The Morgan fingerprint density at radius 1 is 1.05 bits per heavy atom. The highest BCUT2D eigenvalue weighted by molar-refractivity contribution is 6.04. The number of nitrogens with two attached hydrogens (primary N) is 1. The van der Waals surface area contributed by atoms with E-state index in [9.17, 15) is 4.79 Å². The number of H-pyrrole nitrogens is 1. The minimum atomic E-state index is -0.426. The molecule has 4 aromatic heterocycles. The van der Waals surface area contributed by atoms with Crippen LogP contribution in [0.2, 0.25) is 0 Å². The molecular formula is C28H24N9O+. The van der Waals surface area contributed by atoms with E-state index in [4.69, 9.17) is 5.73 Å². The molecule has 38 heavy (non-hydrogen) atoms. The van der Waals surface area contributed by atoms with Crippen LogP contribution in [0.15, 0.2) is 79.3 Å². The second-order valence-corrected chi connectivity index (χ2v) is 8.85. The molecule has 0 unspecified atom stereocenters. The molecule has 10 nitrogen and oxygen atoms in total. The average Bonchev–Trinajstić information content (AvgIpc) is 3.62. The summed E-state index contributed by atoms with van der Waals surface area (Å²) in [4.78, 5) is 21.2. The first-order valence-electron chi connectivity index (χ1n) is 12.0. The normalized spacial score (nSPS) is 11.8. The van der Waals surface area contributed by atoms with Crippen molar-refractivity contribution in [3.05, 3.63) is 102 Å². The van der Waals surface area contributed by atoms with Gasteiger partial charge in [-0.2, -0.15) is 9.67 Å². The van der Waals surface area contributed by atoms with E-state index in [-0.39, 0.29) is 17.3 Å². The van der Waals surface area contributed by atoms with Gasteiger partial charge in [-0.05, 0) is 49.2 Å². The second-order valence-electron chi connectivity index (χ2n) is 8.85. The highest BCUT2D eigenvalue weighted by atomic mass is 16.1. The van der Waals surface area contributed by atoms with Gasteiger partial charge in [-0.25, -0.2) is 14.5 Å². The first kappa shape index (κ1) is 23.0. The van der Waals surface area contributed by atoms with E-state index >= 15 is 0 Å². The SMILES string of the molecule is C[C@@H](NC(=O)c1c(N)nn2cccnc12)c1[nH]c2cccc(C#Cc3ccn(C)n3)c2[n+]1-c1ccccc1. The Bertz CT molecular complexity index is 1870. The number of nitrogen functional groups attached to an aromatic ring is 1. The number of benzene rings is 2. The van der Waals surface area contributed by atoms with E-state index in [0.29, 0.717) is 11.3 Å². The summed E-state index contributed by atoms with van der Waals surface area (Å²) in [6.07, 6.45) is 5.17. The molecular weight excluding hydrogens is 478 g/mol. The topological polar surface area (TPSA) is 123 Å². The Kier molecular flexibility index (Phi) is 5.58. The fourth-order valence-electron chi connectivity index (χ4n) is 4.52. The van der Waals surface area contributed by atoms with Crippen LogP contribution >= 0.6 is 0 Å². The molecule has 0 bridgehead atoms. The van der Waals surface area contributed by atoms with Crippen LogP contribution in [0, 0.1) is 11.8 Å². The molecule has 186 valence electrons. The summed E-state index contributed by atoms with van der Waals surface area (Å²) in [7, 11) is 1.86. The Balaban J connectivity index is 1.45. The quantitative estimate of drug-likeness (QED) is 0.253. The van der Waals surface area contributed by atoms with Crippen LogP contribution < -0.4 is 15.6 Å². The third-order valence-electron chi connectivity index (χ3n) is 6.22. The molecule has 0 aliphatic heterocycles. The Labute approximate surface area is 217 Å². The predicted octanol–water partition coefficient (Wildman–Crippen LogP) is 2.69. The van der Waals surface area contributed by atoms with Gasteiger partial charge in [0.1, 0.15) is 23.0 Å². The molecule has 0 aliphatic carbocycles. The number of para-hydroxylation sites is 2. The van der Waals surface area contributed by atoms with Gasteiger partial charge in [-0.15, -0.1) is 5.10 Å². The van der Waals surface area contributed by atoms with Crippen LogP contribution in [-0.2, 0) is 7.05 Å². The number of nitrogens with one attached hydrogen (secondary N) is 2. The van der Waals surface area contributed by atoms with Crippen LogP contribution in [-0.4, -0.2) is 35.3 Å². The number of amides is 1. The molecule has 1 atom stereocenters. The van der Waals surface area contributed by atoms with Crippen LogP contribution in [0.1, 0.15) is 40.4 Å². The van der Waals surface area contributed by atoms with E-state index in [2.05, 4.69) is 41.9 Å². The molecule has 0 spiro atoms. The summed E-state index contributed by atoms with van der Waals surface area (Å²) in [5.41, 5.74) is 10.9. The molecule has 4 heterocycles. The average molecular weight is 503 g/mol. The fourth-order valence-corrected chi connectivity index (χ4v) is 4.52. The number of fused-ring (bicyclic) bond motifs is 2. The third kappa shape index (κ3) is 4.02. The number of aromatic amines is 1. The van der Waals surface area contributed by atoms with Gasteiger partial charge in [0.25, 0.3) is 11.7 Å². The Hall–Kier alpha value is -5.43. The molecule has 0 saturated heterocycles. The largest absolute Gasteiger partial charge is 0.381 e. The van der Waals surface area contributed by atoms with Crippen LogP contribution in [0.5, 0.6) is 0 Å². The summed E-state index contributed by atoms with van der Waals surface area (Å²) in [6, 6.07) is 19.0. The van der Waals surface area contributed by atoms with E-state index in [1.54, 1.807) is 23.1 Å². The van der Waals surface area contributed by atoms with Gasteiger partial charge in [0, 0.05) is 25.6 Å². The summed E-state index contributed by atoms with van der Waals surface area (Å²) < 4.78 is 5.30. The van der Waals surface area contributed by atoms with Crippen molar-refractivity contribution in [3.63, 3.8) is 0 Å². The highest BCUT2D eigenvalue weighted by Gasteiger charge is 2.29. The summed E-state index contributed by atoms with van der Waals surface area (Å²) in [6.45, 7) is 1.91. The maximum atomic E-state index is 13.4. The fraction of sp³-hybridized carbons (Fsp3) is 0.107. The van der Waals surface area contributed by atoms with Crippen molar-refractivity contribution in [2.24, 2.45) is 7.05 Å². The minimum Gasteiger partial charge on any atom is -0.381 e. The zero-order valence-electron chi connectivity index (χ0n) is 20.8. The zero-order chi connectivity index (χ0) is 26.2. The summed E-state index contributed by atoms with van der Waals surface area (Å²) in [5.74, 6) is 6.96. The summed E-state index contributed by atoms with van der Waals surface area (Å²) >= 11 is 0. The predicted molar refractivity (Wildman–Crippen MR) is 142 cm³/mol. The lowest BCUT2D eigenvalue weighted by molar-refractivity contribution is -0.578. The maximum absolute atomic E-state index is 13.4. The number of anilines is 1. The monoisotopic (exact) mass is 502 g/mol. The molecule has 6 aromatic rings. The van der Waals surface area contributed by atoms with Gasteiger partial charge in [0.2, 0.25) is 0 Å². The van der Waals surface area contributed by atoms with Gasteiger partial charge in [-0.1, -0.05) is 30.2 Å².